The highest BCUT2D eigenvalue weighted by Crippen LogP contribution is 2.27. The van der Waals surface area contributed by atoms with Crippen molar-refractivity contribution in [1.82, 2.24) is 0 Å². The molecule has 2 heterocycles. The fourth-order valence-corrected chi connectivity index (χ4v) is 8.57. The Hall–Kier alpha value is -1.76. The van der Waals surface area contributed by atoms with Crippen LogP contribution in [0, 0.1) is 0 Å². The van der Waals surface area contributed by atoms with Gasteiger partial charge in [-0.15, -0.1) is 0 Å². The molecule has 15 heteroatoms. The molecule has 2 rings (SSSR count). The molecule has 11 atom stereocenters. The third-order valence-corrected chi connectivity index (χ3v) is 13.0. The van der Waals surface area contributed by atoms with Crippen molar-refractivity contribution < 1.29 is 73.8 Å². The lowest BCUT2D eigenvalue weighted by Crippen LogP contribution is -2.61. The van der Waals surface area contributed by atoms with Gasteiger partial charge in [-0.2, -0.15) is 0 Å². The lowest BCUT2D eigenvalue weighted by atomic mass is 9.98. The minimum absolute atomic E-state index is 0.163. The number of hydrogen-bond donors (Lipinski definition) is 7. The van der Waals surface area contributed by atoms with E-state index in [1.165, 1.54) is 135 Å². The smallest absolute Gasteiger partial charge is 0.306 e. The van der Waals surface area contributed by atoms with E-state index in [0.717, 1.165) is 38.5 Å². The lowest BCUT2D eigenvalue weighted by molar-refractivity contribution is -0.332. The zero-order chi connectivity index (χ0) is 48.9. The molecule has 2 aliphatic rings. The second-order valence-corrected chi connectivity index (χ2v) is 19.1. The Labute approximate surface area is 403 Å². The highest BCUT2D eigenvalue weighted by molar-refractivity contribution is 5.70. The zero-order valence-electron chi connectivity index (χ0n) is 41.7. The summed E-state index contributed by atoms with van der Waals surface area (Å²) >= 11 is 0. The van der Waals surface area contributed by atoms with E-state index < -0.39 is 92.7 Å². The first-order valence-corrected chi connectivity index (χ1v) is 26.8. The molecule has 15 nitrogen and oxygen atoms in total. The average molecular weight is 961 g/mol. The maximum absolute atomic E-state index is 12.9. The number of ether oxygens (including phenoxy) is 6. The van der Waals surface area contributed by atoms with Crippen LogP contribution in [0.15, 0.2) is 12.2 Å². The van der Waals surface area contributed by atoms with E-state index in [0.29, 0.717) is 12.8 Å². The van der Waals surface area contributed by atoms with Crippen molar-refractivity contribution in [2.24, 2.45) is 0 Å². The Balaban J connectivity index is 1.71. The highest BCUT2D eigenvalue weighted by atomic mass is 16.7. The standard InChI is InChI=1S/C52H96O15/c1-3-5-7-9-11-13-14-15-16-17-18-19-20-21-22-23-24-25-26-27-29-30-32-34-43(54)62-37-40(65-44(55)35-33-31-28-12-10-8-6-4-2)38-63-51-50(61)48(59)46(57)42(67-51)39-64-52-49(60)47(58)45(56)41(36-53)66-52/h27,29,40-42,45-53,56-61H,3-26,28,30-39H2,1-2H3/b29-27+/t40-,41+,42+,45-,46-,47?,48?,49?,50?,51+,52+/m0/s1. The van der Waals surface area contributed by atoms with Crippen molar-refractivity contribution in [1.29, 1.82) is 0 Å². The van der Waals surface area contributed by atoms with Crippen molar-refractivity contribution in [2.45, 2.75) is 280 Å². The summed E-state index contributed by atoms with van der Waals surface area (Å²) in [6.07, 6.45) is 22.9. The molecule has 0 saturated carbocycles. The van der Waals surface area contributed by atoms with E-state index in [9.17, 15) is 45.3 Å². The lowest BCUT2D eigenvalue weighted by Gasteiger charge is -2.42. The maximum Gasteiger partial charge on any atom is 0.306 e. The summed E-state index contributed by atoms with van der Waals surface area (Å²) in [5.41, 5.74) is 0. The molecule has 67 heavy (non-hydrogen) atoms. The fraction of sp³-hybridized carbons (Fsp3) is 0.923. The SMILES string of the molecule is CCCCCCCCCCCCCCCCCCCC/C=C/CCCC(=O)OC[C@@H](CO[C@@H]1O[C@H](CO[C@@H]2O[C@H](CO)[C@H](O)C(O)C2O)[C@H](O)C(O)C1O)OC(=O)CCCCCCCCCC. The van der Waals surface area contributed by atoms with E-state index in [2.05, 4.69) is 26.0 Å². The Morgan fingerprint density at radius 1 is 0.463 bits per heavy atom. The van der Waals surface area contributed by atoms with Crippen LogP contribution < -0.4 is 0 Å². The summed E-state index contributed by atoms with van der Waals surface area (Å²) < 4.78 is 33.5. The van der Waals surface area contributed by atoms with Gasteiger partial charge >= 0.3 is 11.9 Å². The average Bonchev–Trinajstić information content (AvgIpc) is 3.32. The molecule has 0 aromatic carbocycles. The van der Waals surface area contributed by atoms with E-state index in [1.54, 1.807) is 0 Å². The summed E-state index contributed by atoms with van der Waals surface area (Å²) in [5.74, 6) is -0.958. The fourth-order valence-electron chi connectivity index (χ4n) is 8.57. The van der Waals surface area contributed by atoms with Crippen molar-refractivity contribution in [3.05, 3.63) is 12.2 Å². The monoisotopic (exact) mass is 961 g/mol. The van der Waals surface area contributed by atoms with Crippen molar-refractivity contribution >= 4 is 11.9 Å². The van der Waals surface area contributed by atoms with Crippen LogP contribution in [0.2, 0.25) is 0 Å². The number of carbonyl (C=O) groups is 2. The number of aliphatic hydroxyl groups excluding tert-OH is 7. The summed E-state index contributed by atoms with van der Waals surface area (Å²) in [7, 11) is 0. The van der Waals surface area contributed by atoms with Crippen LogP contribution in [0.5, 0.6) is 0 Å². The van der Waals surface area contributed by atoms with Crippen LogP contribution in [0.1, 0.15) is 213 Å². The van der Waals surface area contributed by atoms with Crippen LogP contribution >= 0.6 is 0 Å². The molecule has 0 aromatic heterocycles. The summed E-state index contributed by atoms with van der Waals surface area (Å²) in [6.45, 7) is 2.55. The molecule has 4 unspecified atom stereocenters. The molecule has 0 aromatic rings. The molecular weight excluding hydrogens is 865 g/mol. The Morgan fingerprint density at radius 2 is 0.866 bits per heavy atom. The van der Waals surface area contributed by atoms with E-state index >= 15 is 0 Å². The molecule has 0 amide bonds. The van der Waals surface area contributed by atoms with Gasteiger partial charge in [-0.3, -0.25) is 9.59 Å². The van der Waals surface area contributed by atoms with Crippen LogP contribution in [-0.2, 0) is 38.0 Å². The van der Waals surface area contributed by atoms with Gasteiger partial charge in [0.25, 0.3) is 0 Å². The van der Waals surface area contributed by atoms with E-state index in [1.807, 2.05) is 0 Å². The Morgan fingerprint density at radius 3 is 1.36 bits per heavy atom. The van der Waals surface area contributed by atoms with Gasteiger partial charge in [0.05, 0.1) is 19.8 Å². The first-order chi connectivity index (χ1) is 32.5. The van der Waals surface area contributed by atoms with E-state index in [4.69, 9.17) is 28.4 Å². The normalized spacial score (nSPS) is 26.0. The molecule has 394 valence electrons. The summed E-state index contributed by atoms with van der Waals surface area (Å²) in [6, 6.07) is 0. The number of esters is 2. The van der Waals surface area contributed by atoms with Gasteiger partial charge in [0.1, 0.15) is 55.4 Å². The van der Waals surface area contributed by atoms with Crippen LogP contribution in [0.25, 0.3) is 0 Å². The van der Waals surface area contributed by atoms with Gasteiger partial charge in [0.15, 0.2) is 18.7 Å². The number of unbranched alkanes of at least 4 members (excludes halogenated alkanes) is 26. The van der Waals surface area contributed by atoms with Gasteiger partial charge in [0, 0.05) is 12.8 Å². The molecular formula is C52H96O15. The molecule has 0 bridgehead atoms. The molecule has 2 aliphatic heterocycles. The number of allylic oxidation sites excluding steroid dienone is 2. The third kappa shape index (κ3) is 28.0. The first kappa shape index (κ1) is 61.4. The Kier molecular flexibility index (Phi) is 36.5. The van der Waals surface area contributed by atoms with Gasteiger partial charge in [-0.1, -0.05) is 180 Å². The first-order valence-electron chi connectivity index (χ1n) is 26.8. The summed E-state index contributed by atoms with van der Waals surface area (Å²) in [4.78, 5) is 25.6. The number of hydrogen-bond acceptors (Lipinski definition) is 15. The second-order valence-electron chi connectivity index (χ2n) is 19.1. The highest BCUT2D eigenvalue weighted by Gasteiger charge is 2.47. The number of carbonyl (C=O) groups excluding carboxylic acids is 2. The minimum Gasteiger partial charge on any atom is -0.462 e. The summed E-state index contributed by atoms with van der Waals surface area (Å²) in [5, 5.41) is 71.9. The molecule has 2 saturated heterocycles. The molecule has 0 radical (unpaired) electrons. The quantitative estimate of drug-likeness (QED) is 0.0176. The second kappa shape index (κ2) is 39.9. The van der Waals surface area contributed by atoms with Gasteiger partial charge in [0.2, 0.25) is 0 Å². The van der Waals surface area contributed by atoms with Crippen LogP contribution in [-0.4, -0.2) is 142 Å². The van der Waals surface area contributed by atoms with Gasteiger partial charge in [-0.05, 0) is 32.1 Å². The van der Waals surface area contributed by atoms with Crippen molar-refractivity contribution in [3.63, 3.8) is 0 Å². The van der Waals surface area contributed by atoms with E-state index in [-0.39, 0.29) is 26.1 Å². The topological polar surface area (TPSA) is 231 Å². The number of aliphatic hydroxyl groups is 7. The molecule has 7 N–H and O–H groups in total. The third-order valence-electron chi connectivity index (χ3n) is 13.0. The number of rotatable bonds is 42. The molecule has 0 aliphatic carbocycles. The molecule has 0 spiro atoms. The predicted octanol–water partition coefficient (Wildman–Crippen LogP) is 7.77. The van der Waals surface area contributed by atoms with Crippen molar-refractivity contribution in [2.75, 3.05) is 26.4 Å². The zero-order valence-corrected chi connectivity index (χ0v) is 41.7. The Bertz CT molecular complexity index is 1220. The molecule has 2 fully saturated rings. The van der Waals surface area contributed by atoms with Crippen molar-refractivity contribution in [3.8, 4) is 0 Å². The van der Waals surface area contributed by atoms with Gasteiger partial charge < -0.3 is 64.2 Å². The van der Waals surface area contributed by atoms with Gasteiger partial charge in [-0.25, -0.2) is 0 Å². The van der Waals surface area contributed by atoms with Crippen LogP contribution in [0.3, 0.4) is 0 Å². The maximum atomic E-state index is 12.9. The predicted molar refractivity (Wildman–Crippen MR) is 257 cm³/mol. The largest absolute Gasteiger partial charge is 0.462 e. The minimum atomic E-state index is -1.76. The van der Waals surface area contributed by atoms with Crippen LogP contribution in [0.4, 0.5) is 0 Å².